The van der Waals surface area contributed by atoms with Crippen molar-refractivity contribution < 1.29 is 0 Å². The highest BCUT2D eigenvalue weighted by Crippen LogP contribution is 2.38. The molecule has 33 heavy (non-hydrogen) atoms. The lowest BCUT2D eigenvalue weighted by Gasteiger charge is -2.32. The van der Waals surface area contributed by atoms with Crippen LogP contribution >= 0.6 is 0 Å². The summed E-state index contributed by atoms with van der Waals surface area (Å²) in [5.74, 6) is 0.997. The minimum absolute atomic E-state index is 0.413. The third-order valence-corrected chi connectivity index (χ3v) is 7.31. The average molecular weight is 443 g/mol. The van der Waals surface area contributed by atoms with Gasteiger partial charge in [0, 0.05) is 35.1 Å². The van der Waals surface area contributed by atoms with Crippen molar-refractivity contribution >= 4 is 28.4 Å². The summed E-state index contributed by atoms with van der Waals surface area (Å²) < 4.78 is 0. The van der Waals surface area contributed by atoms with E-state index in [-0.39, 0.29) is 0 Å². The van der Waals surface area contributed by atoms with Gasteiger partial charge in [-0.1, -0.05) is 38.1 Å². The number of piperidine rings is 1. The number of allylic oxidation sites excluding steroid dienone is 4. The monoisotopic (exact) mass is 442 g/mol. The molecule has 2 aromatic rings. The quantitative estimate of drug-likeness (QED) is 0.407. The van der Waals surface area contributed by atoms with Crippen molar-refractivity contribution in [1.29, 1.82) is 10.8 Å². The lowest BCUT2D eigenvalue weighted by Crippen LogP contribution is -2.34. The summed E-state index contributed by atoms with van der Waals surface area (Å²) in [7, 11) is 0. The van der Waals surface area contributed by atoms with E-state index in [0.717, 1.165) is 63.0 Å². The molecule has 4 rings (SSSR count). The maximum atomic E-state index is 8.16. The highest BCUT2D eigenvalue weighted by Gasteiger charge is 2.23. The molecule has 1 saturated heterocycles. The van der Waals surface area contributed by atoms with Crippen LogP contribution in [0, 0.1) is 10.8 Å². The zero-order chi connectivity index (χ0) is 23.5. The molecule has 2 aliphatic rings. The summed E-state index contributed by atoms with van der Waals surface area (Å²) in [4.78, 5) is 6.18. The van der Waals surface area contributed by atoms with Gasteiger partial charge in [0.2, 0.25) is 0 Å². The Labute approximate surface area is 198 Å². The minimum atomic E-state index is 0.413. The van der Waals surface area contributed by atoms with Gasteiger partial charge >= 0.3 is 0 Å². The molecule has 0 spiro atoms. The van der Waals surface area contributed by atoms with Crippen LogP contribution in [0.5, 0.6) is 0 Å². The van der Waals surface area contributed by atoms with E-state index in [0.29, 0.717) is 11.8 Å². The van der Waals surface area contributed by atoms with Crippen molar-refractivity contribution in [3.05, 3.63) is 64.9 Å². The van der Waals surface area contributed by atoms with Gasteiger partial charge in [0.1, 0.15) is 0 Å². The second-order valence-electron chi connectivity index (χ2n) is 10.1. The van der Waals surface area contributed by atoms with E-state index in [9.17, 15) is 0 Å². The summed E-state index contributed by atoms with van der Waals surface area (Å²) in [6, 6.07) is 7.02. The van der Waals surface area contributed by atoms with E-state index in [1.165, 1.54) is 45.1 Å². The zero-order valence-corrected chi connectivity index (χ0v) is 20.4. The Hall–Kier alpha value is -2.72. The number of fused-ring (bicyclic) bond motifs is 1. The lowest BCUT2D eigenvalue weighted by atomic mass is 9.87. The number of rotatable bonds is 6. The maximum Gasteiger partial charge on any atom is 0.0499 e. The van der Waals surface area contributed by atoms with E-state index >= 15 is 0 Å². The third-order valence-electron chi connectivity index (χ3n) is 7.31. The van der Waals surface area contributed by atoms with Gasteiger partial charge in [0.25, 0.3) is 0 Å². The average Bonchev–Trinajstić information content (AvgIpc) is 3.17. The first-order valence-electron chi connectivity index (χ1n) is 12.4. The van der Waals surface area contributed by atoms with Gasteiger partial charge < -0.3 is 15.8 Å². The van der Waals surface area contributed by atoms with Crippen molar-refractivity contribution in [3.8, 4) is 0 Å². The van der Waals surface area contributed by atoms with Gasteiger partial charge in [-0.25, -0.2) is 0 Å². The fourth-order valence-electron chi connectivity index (χ4n) is 5.44. The fraction of sp³-hybridized carbons (Fsp3) is 0.448. The molecule has 0 bridgehead atoms. The van der Waals surface area contributed by atoms with E-state index in [1.54, 1.807) is 0 Å². The molecule has 2 heterocycles. The first-order valence-corrected chi connectivity index (χ1v) is 12.4. The molecule has 0 amide bonds. The molecule has 1 aliphatic heterocycles. The predicted octanol–water partition coefficient (Wildman–Crippen LogP) is 7.21. The highest BCUT2D eigenvalue weighted by atomic mass is 15.1. The Balaban J connectivity index is 1.66. The molecule has 1 aliphatic carbocycles. The first-order chi connectivity index (χ1) is 15.9. The molecule has 4 nitrogen and oxygen atoms in total. The normalized spacial score (nSPS) is 21.9. The Kier molecular flexibility index (Phi) is 7.14. The molecule has 4 heteroatoms. The number of benzene rings is 1. The second kappa shape index (κ2) is 10.0. The van der Waals surface area contributed by atoms with Crippen LogP contribution in [-0.2, 0) is 0 Å². The summed E-state index contributed by atoms with van der Waals surface area (Å²) in [6.07, 6.45) is 10.8. The number of hydrogen-bond acceptors (Lipinski definition) is 3. The van der Waals surface area contributed by atoms with Crippen LogP contribution in [0.25, 0.3) is 16.5 Å². The van der Waals surface area contributed by atoms with Crippen molar-refractivity contribution in [3.63, 3.8) is 0 Å². The number of nitrogens with zero attached hydrogens (tertiary/aromatic N) is 1. The SMILES string of the molecule is C=C(C=N)CN1CCC(c2ccc3[nH]c(C4=C(\C)CCCC(=N)/C=C\4)c(C(C)C)c3c2)CC1. The van der Waals surface area contributed by atoms with E-state index < -0.39 is 0 Å². The molecule has 1 aromatic heterocycles. The first kappa shape index (κ1) is 23.4. The van der Waals surface area contributed by atoms with Crippen molar-refractivity contribution in [1.82, 2.24) is 9.88 Å². The van der Waals surface area contributed by atoms with Gasteiger partial charge in [0.15, 0.2) is 0 Å². The van der Waals surface area contributed by atoms with Crippen LogP contribution in [0.3, 0.4) is 0 Å². The summed E-state index contributed by atoms with van der Waals surface area (Å²) >= 11 is 0. The Bertz CT molecular complexity index is 1120. The second-order valence-corrected chi connectivity index (χ2v) is 10.1. The van der Waals surface area contributed by atoms with E-state index in [4.69, 9.17) is 10.8 Å². The molecular weight excluding hydrogens is 404 g/mol. The number of hydrogen-bond donors (Lipinski definition) is 3. The van der Waals surface area contributed by atoms with Crippen molar-refractivity contribution in [2.75, 3.05) is 19.6 Å². The van der Waals surface area contributed by atoms with Gasteiger partial charge in [-0.05, 0) is 104 Å². The summed E-state index contributed by atoms with van der Waals surface area (Å²) in [6.45, 7) is 13.7. The van der Waals surface area contributed by atoms with Gasteiger partial charge in [-0.15, -0.1) is 0 Å². The van der Waals surface area contributed by atoms with Crippen LogP contribution in [-0.4, -0.2) is 41.4 Å². The Morgan fingerprint density at radius 2 is 1.97 bits per heavy atom. The van der Waals surface area contributed by atoms with Crippen molar-refractivity contribution in [2.24, 2.45) is 0 Å². The summed E-state index contributed by atoms with van der Waals surface area (Å²) in [5, 5.41) is 16.9. The number of aromatic amines is 1. The molecule has 1 aromatic carbocycles. The zero-order valence-electron chi connectivity index (χ0n) is 20.4. The molecule has 174 valence electrons. The molecule has 0 atom stereocenters. The van der Waals surface area contributed by atoms with E-state index in [2.05, 4.69) is 61.5 Å². The highest BCUT2D eigenvalue weighted by molar-refractivity contribution is 5.98. The van der Waals surface area contributed by atoms with E-state index in [1.807, 2.05) is 6.08 Å². The molecule has 0 unspecified atom stereocenters. The van der Waals surface area contributed by atoms with Crippen LogP contribution in [0.4, 0.5) is 0 Å². The fourth-order valence-corrected chi connectivity index (χ4v) is 5.44. The van der Waals surface area contributed by atoms with Gasteiger partial charge in [0.05, 0.1) is 0 Å². The van der Waals surface area contributed by atoms with Crippen LogP contribution in [0.15, 0.2) is 48.1 Å². The van der Waals surface area contributed by atoms with Crippen LogP contribution in [0.1, 0.15) is 81.5 Å². The van der Waals surface area contributed by atoms with Crippen molar-refractivity contribution in [2.45, 2.75) is 64.7 Å². The standard InChI is InChI=1S/C29H38N4/c1-19(2)28-26-16-23(22-12-14-33(15-13-22)18-20(3)17-30)8-11-27(26)32-29(28)25-10-9-24(31)7-5-6-21(25)4/h8-11,16-17,19,22,30-32H,3,5-7,12-15,18H2,1-2,4H3/b10-9-,25-21+,30-17?,31-24?. The molecule has 0 saturated carbocycles. The third kappa shape index (κ3) is 5.11. The molecule has 0 radical (unpaired) electrons. The minimum Gasteiger partial charge on any atom is -0.354 e. The Morgan fingerprint density at radius 1 is 1.21 bits per heavy atom. The molecule has 3 N–H and O–H groups in total. The van der Waals surface area contributed by atoms with Gasteiger partial charge in [-0.3, -0.25) is 4.90 Å². The predicted molar refractivity (Wildman–Crippen MR) is 142 cm³/mol. The number of likely N-dealkylation sites (tertiary alicyclic amines) is 1. The Morgan fingerprint density at radius 3 is 2.67 bits per heavy atom. The number of H-pyrrole nitrogens is 1. The number of aromatic nitrogens is 1. The summed E-state index contributed by atoms with van der Waals surface area (Å²) in [5.41, 5.74) is 9.58. The topological polar surface area (TPSA) is 66.7 Å². The maximum absolute atomic E-state index is 8.16. The van der Waals surface area contributed by atoms with Gasteiger partial charge in [-0.2, -0.15) is 0 Å². The molecule has 1 fully saturated rings. The molecular formula is C29H38N4. The van der Waals surface area contributed by atoms with Crippen LogP contribution in [0.2, 0.25) is 0 Å². The lowest BCUT2D eigenvalue weighted by molar-refractivity contribution is 0.231. The largest absolute Gasteiger partial charge is 0.354 e. The smallest absolute Gasteiger partial charge is 0.0499 e. The van der Waals surface area contributed by atoms with Crippen LogP contribution < -0.4 is 0 Å². The number of nitrogens with one attached hydrogen (secondary N) is 3.